The number of aromatic nitrogens is 1. The Hall–Kier alpha value is -1.80. The summed E-state index contributed by atoms with van der Waals surface area (Å²) < 4.78 is 35.1. The van der Waals surface area contributed by atoms with Gasteiger partial charge in [-0.2, -0.15) is 4.99 Å². The molecule has 0 atom stereocenters. The monoisotopic (exact) mass is 430 g/mol. The molecule has 1 aromatic heterocycles. The molecule has 0 aliphatic carbocycles. The van der Waals surface area contributed by atoms with Crippen molar-refractivity contribution < 1.29 is 18.3 Å². The number of thiazole rings is 1. The van der Waals surface area contributed by atoms with Crippen molar-refractivity contribution in [3.05, 3.63) is 62.4 Å². The molecule has 0 N–H and O–H groups in total. The van der Waals surface area contributed by atoms with Crippen molar-refractivity contribution in [1.29, 1.82) is 0 Å². The van der Waals surface area contributed by atoms with E-state index in [1.807, 2.05) is 6.92 Å². The van der Waals surface area contributed by atoms with Crippen LogP contribution in [0.3, 0.4) is 0 Å². The first-order valence-corrected chi connectivity index (χ1v) is 9.58. The van der Waals surface area contributed by atoms with E-state index < -0.39 is 17.5 Å². The molecule has 0 spiro atoms. The van der Waals surface area contributed by atoms with E-state index in [0.717, 1.165) is 17.4 Å². The van der Waals surface area contributed by atoms with E-state index >= 15 is 0 Å². The summed E-state index contributed by atoms with van der Waals surface area (Å²) >= 11 is 13.0. The van der Waals surface area contributed by atoms with Crippen LogP contribution in [0.1, 0.15) is 17.3 Å². The highest BCUT2D eigenvalue weighted by Gasteiger charge is 2.15. The van der Waals surface area contributed by atoms with Crippen LogP contribution in [0.4, 0.5) is 8.78 Å². The van der Waals surface area contributed by atoms with Gasteiger partial charge in [0.15, 0.2) is 10.6 Å². The van der Waals surface area contributed by atoms with Crippen LogP contribution >= 0.6 is 34.5 Å². The van der Waals surface area contributed by atoms with Crippen molar-refractivity contribution in [2.24, 2.45) is 4.99 Å². The predicted molar refractivity (Wildman–Crippen MR) is 103 cm³/mol. The van der Waals surface area contributed by atoms with Crippen molar-refractivity contribution in [2.75, 3.05) is 13.2 Å². The minimum Gasteiger partial charge on any atom is -0.380 e. The van der Waals surface area contributed by atoms with E-state index in [1.54, 1.807) is 6.07 Å². The molecule has 0 radical (unpaired) electrons. The van der Waals surface area contributed by atoms with Crippen LogP contribution in [0.5, 0.6) is 0 Å². The van der Waals surface area contributed by atoms with Gasteiger partial charge in [-0.3, -0.25) is 4.79 Å². The van der Waals surface area contributed by atoms with Gasteiger partial charge >= 0.3 is 0 Å². The number of fused-ring (bicyclic) bond motifs is 1. The third-order valence-electron chi connectivity index (χ3n) is 3.71. The molecule has 0 unspecified atom stereocenters. The van der Waals surface area contributed by atoms with Gasteiger partial charge in [-0.1, -0.05) is 34.5 Å². The number of amides is 1. The second-order valence-corrected chi connectivity index (χ2v) is 7.36. The molecule has 27 heavy (non-hydrogen) atoms. The highest BCUT2D eigenvalue weighted by Crippen LogP contribution is 2.24. The SMILES string of the molecule is CCOCCn1c(=NC(=O)c2cc(Cl)ccc2Cl)sc2cc(F)cc(F)c21. The summed E-state index contributed by atoms with van der Waals surface area (Å²) in [4.78, 5) is 16.9. The fourth-order valence-electron chi connectivity index (χ4n) is 2.53. The van der Waals surface area contributed by atoms with Gasteiger partial charge < -0.3 is 9.30 Å². The normalized spacial score (nSPS) is 12.1. The Morgan fingerprint density at radius 3 is 2.78 bits per heavy atom. The Labute approximate surface area is 167 Å². The minimum atomic E-state index is -0.729. The van der Waals surface area contributed by atoms with Gasteiger partial charge in [-0.25, -0.2) is 8.78 Å². The number of hydrogen-bond donors (Lipinski definition) is 0. The topological polar surface area (TPSA) is 43.6 Å². The summed E-state index contributed by atoms with van der Waals surface area (Å²) in [5.41, 5.74) is 0.300. The number of halogens is 4. The Balaban J connectivity index is 2.15. The maximum absolute atomic E-state index is 14.3. The zero-order chi connectivity index (χ0) is 19.6. The second kappa shape index (κ2) is 8.48. The van der Waals surface area contributed by atoms with E-state index in [9.17, 15) is 13.6 Å². The first-order chi connectivity index (χ1) is 12.9. The van der Waals surface area contributed by atoms with E-state index in [2.05, 4.69) is 4.99 Å². The van der Waals surface area contributed by atoms with Crippen molar-refractivity contribution in [2.45, 2.75) is 13.5 Å². The van der Waals surface area contributed by atoms with Gasteiger partial charge in [0.25, 0.3) is 5.91 Å². The molecule has 9 heteroatoms. The fraction of sp³-hybridized carbons (Fsp3) is 0.222. The molecule has 142 valence electrons. The molecule has 0 saturated carbocycles. The first-order valence-electron chi connectivity index (χ1n) is 8.01. The van der Waals surface area contributed by atoms with Gasteiger partial charge in [0, 0.05) is 24.2 Å². The lowest BCUT2D eigenvalue weighted by Gasteiger charge is -2.06. The summed E-state index contributed by atoms with van der Waals surface area (Å²) in [5.74, 6) is -2.05. The molecule has 3 aromatic rings. The van der Waals surface area contributed by atoms with Crippen LogP contribution < -0.4 is 4.80 Å². The van der Waals surface area contributed by atoms with E-state index in [0.29, 0.717) is 22.9 Å². The van der Waals surface area contributed by atoms with Gasteiger partial charge in [0.1, 0.15) is 5.82 Å². The second-order valence-electron chi connectivity index (χ2n) is 5.51. The summed E-state index contributed by atoms with van der Waals surface area (Å²) in [5, 5.41) is 0.541. The van der Waals surface area contributed by atoms with Crippen molar-refractivity contribution >= 4 is 50.7 Å². The van der Waals surface area contributed by atoms with Crippen LogP contribution in [0.15, 0.2) is 35.3 Å². The zero-order valence-electron chi connectivity index (χ0n) is 14.1. The highest BCUT2D eigenvalue weighted by atomic mass is 35.5. The zero-order valence-corrected chi connectivity index (χ0v) is 16.5. The third-order valence-corrected chi connectivity index (χ3v) is 5.30. The van der Waals surface area contributed by atoms with E-state index in [-0.39, 0.29) is 27.4 Å². The molecule has 1 amide bonds. The average molecular weight is 431 g/mol. The smallest absolute Gasteiger partial charge is 0.281 e. The molecule has 0 aliphatic heterocycles. The molecular weight excluding hydrogens is 417 g/mol. The lowest BCUT2D eigenvalue weighted by atomic mass is 10.2. The number of rotatable bonds is 5. The van der Waals surface area contributed by atoms with Crippen molar-refractivity contribution in [3.8, 4) is 0 Å². The molecule has 4 nitrogen and oxygen atoms in total. The van der Waals surface area contributed by atoms with E-state index in [4.69, 9.17) is 27.9 Å². The highest BCUT2D eigenvalue weighted by molar-refractivity contribution is 7.16. The van der Waals surface area contributed by atoms with E-state index in [1.165, 1.54) is 22.8 Å². The van der Waals surface area contributed by atoms with Gasteiger partial charge in [-0.15, -0.1) is 0 Å². The first kappa shape index (κ1) is 19.9. The molecule has 0 aliphatic rings. The molecular formula is C18H14Cl2F2N2O2S. The predicted octanol–water partition coefficient (Wildman–Crippen LogP) is 5.07. The molecule has 0 saturated heterocycles. The molecule has 0 bridgehead atoms. The Morgan fingerprint density at radius 2 is 2.04 bits per heavy atom. The minimum absolute atomic E-state index is 0.129. The van der Waals surface area contributed by atoms with Crippen LogP contribution in [-0.2, 0) is 11.3 Å². The Morgan fingerprint density at radius 1 is 1.26 bits per heavy atom. The summed E-state index contributed by atoms with van der Waals surface area (Å²) in [6.45, 7) is 2.87. The molecule has 2 aromatic carbocycles. The standard InChI is InChI=1S/C18H14Cl2F2N2O2S/c1-2-26-6-5-24-16-14(22)8-11(21)9-15(16)27-18(24)23-17(25)12-7-10(19)3-4-13(12)20/h3-4,7-9H,2,5-6H2,1H3. The average Bonchev–Trinajstić information content (AvgIpc) is 2.94. The summed E-state index contributed by atoms with van der Waals surface area (Å²) in [7, 11) is 0. The molecule has 1 heterocycles. The number of benzene rings is 2. The third kappa shape index (κ3) is 4.38. The quantitative estimate of drug-likeness (QED) is 0.530. The van der Waals surface area contributed by atoms with Crippen LogP contribution in [0.2, 0.25) is 10.0 Å². The molecule has 3 rings (SSSR count). The number of carbonyl (C=O) groups excluding carboxylic acids is 1. The maximum atomic E-state index is 14.3. The fourth-order valence-corrected chi connectivity index (χ4v) is 3.99. The summed E-state index contributed by atoms with van der Waals surface area (Å²) in [6, 6.07) is 6.46. The lowest BCUT2D eigenvalue weighted by molar-refractivity contribution is 0.0996. The van der Waals surface area contributed by atoms with Crippen molar-refractivity contribution in [3.63, 3.8) is 0 Å². The van der Waals surface area contributed by atoms with Crippen LogP contribution in [0, 0.1) is 11.6 Å². The number of nitrogens with zero attached hydrogens (tertiary/aromatic N) is 2. The van der Waals surface area contributed by atoms with Crippen LogP contribution in [0.25, 0.3) is 10.2 Å². The largest absolute Gasteiger partial charge is 0.380 e. The maximum Gasteiger partial charge on any atom is 0.281 e. The van der Waals surface area contributed by atoms with Gasteiger partial charge in [0.2, 0.25) is 0 Å². The number of ether oxygens (including phenoxy) is 1. The Kier molecular flexibility index (Phi) is 6.26. The van der Waals surface area contributed by atoms with Gasteiger partial charge in [0.05, 0.1) is 27.4 Å². The van der Waals surface area contributed by atoms with Crippen LogP contribution in [-0.4, -0.2) is 23.7 Å². The van der Waals surface area contributed by atoms with Crippen molar-refractivity contribution in [1.82, 2.24) is 4.57 Å². The number of hydrogen-bond acceptors (Lipinski definition) is 3. The Bertz CT molecular complexity index is 1080. The number of carbonyl (C=O) groups is 1. The summed E-state index contributed by atoms with van der Waals surface area (Å²) in [6.07, 6.45) is 0. The van der Waals surface area contributed by atoms with Gasteiger partial charge in [-0.05, 0) is 31.2 Å². The lowest BCUT2D eigenvalue weighted by Crippen LogP contribution is -2.20. The molecule has 0 fully saturated rings.